The molecule has 0 saturated carbocycles. The van der Waals surface area contributed by atoms with Crippen LogP contribution in [0.4, 0.5) is 5.69 Å². The van der Waals surface area contributed by atoms with Crippen LogP contribution in [0.15, 0.2) is 18.2 Å². The van der Waals surface area contributed by atoms with Crippen molar-refractivity contribution in [3.05, 3.63) is 28.8 Å². The third-order valence-electron chi connectivity index (χ3n) is 2.36. The topological polar surface area (TPSA) is 47.3 Å². The maximum absolute atomic E-state index is 11.6. The second-order valence-corrected chi connectivity index (χ2v) is 4.35. The fraction of sp³-hybridized carbons (Fsp3) is 0.333. The number of nitrogens with zero attached hydrogens (tertiary/aromatic N) is 3. The van der Waals surface area contributed by atoms with Gasteiger partial charge in [-0.2, -0.15) is 5.26 Å². The highest BCUT2D eigenvalue weighted by Gasteiger charge is 2.12. The molecule has 1 aromatic carbocycles. The molecular weight excluding hydrogens is 238 g/mol. The van der Waals surface area contributed by atoms with Crippen LogP contribution in [0.2, 0.25) is 5.02 Å². The van der Waals surface area contributed by atoms with Crippen molar-refractivity contribution in [2.75, 3.05) is 32.6 Å². The fourth-order valence-corrected chi connectivity index (χ4v) is 1.51. The van der Waals surface area contributed by atoms with Gasteiger partial charge in [0.15, 0.2) is 0 Å². The molecule has 0 aliphatic heterocycles. The van der Waals surface area contributed by atoms with E-state index in [-0.39, 0.29) is 12.5 Å². The lowest BCUT2D eigenvalue weighted by Gasteiger charge is -2.22. The lowest BCUT2D eigenvalue weighted by molar-refractivity contribution is -0.127. The summed E-state index contributed by atoms with van der Waals surface area (Å²) >= 11 is 5.89. The Morgan fingerprint density at radius 3 is 2.59 bits per heavy atom. The number of amides is 1. The summed E-state index contributed by atoms with van der Waals surface area (Å²) in [6.45, 7) is 0.210. The lowest BCUT2D eigenvalue weighted by Crippen LogP contribution is -2.34. The van der Waals surface area contributed by atoms with Gasteiger partial charge in [-0.1, -0.05) is 11.6 Å². The number of nitriles is 1. The van der Waals surface area contributed by atoms with Gasteiger partial charge in [0.2, 0.25) is 5.91 Å². The normalized spacial score (nSPS) is 9.59. The molecule has 1 amide bonds. The average Bonchev–Trinajstić information content (AvgIpc) is 2.28. The molecule has 5 heteroatoms. The van der Waals surface area contributed by atoms with Crippen molar-refractivity contribution in [3.63, 3.8) is 0 Å². The first kappa shape index (κ1) is 13.3. The summed E-state index contributed by atoms with van der Waals surface area (Å²) in [5, 5.41) is 9.53. The van der Waals surface area contributed by atoms with Crippen LogP contribution >= 0.6 is 11.6 Å². The number of anilines is 1. The van der Waals surface area contributed by atoms with Gasteiger partial charge in [0.05, 0.1) is 17.8 Å². The minimum Gasteiger partial charge on any atom is -0.364 e. The zero-order chi connectivity index (χ0) is 13.0. The second kappa shape index (κ2) is 5.55. The van der Waals surface area contributed by atoms with E-state index in [9.17, 15) is 4.79 Å². The molecule has 1 aromatic rings. The third kappa shape index (κ3) is 3.36. The summed E-state index contributed by atoms with van der Waals surface area (Å²) in [7, 11) is 5.15. The molecule has 0 heterocycles. The van der Waals surface area contributed by atoms with E-state index < -0.39 is 0 Å². The van der Waals surface area contributed by atoms with Gasteiger partial charge in [-0.15, -0.1) is 0 Å². The number of likely N-dealkylation sites (N-methyl/N-ethyl adjacent to an activating group) is 2. The number of rotatable bonds is 3. The molecule has 0 unspecified atom stereocenters. The van der Waals surface area contributed by atoms with Crippen LogP contribution < -0.4 is 4.90 Å². The Morgan fingerprint density at radius 2 is 2.06 bits per heavy atom. The van der Waals surface area contributed by atoms with E-state index in [0.717, 1.165) is 0 Å². The van der Waals surface area contributed by atoms with Gasteiger partial charge in [0, 0.05) is 26.2 Å². The Hall–Kier alpha value is -1.73. The molecule has 0 atom stereocenters. The minimum absolute atomic E-state index is 0.0311. The van der Waals surface area contributed by atoms with E-state index in [2.05, 4.69) is 6.07 Å². The van der Waals surface area contributed by atoms with Gasteiger partial charge in [-0.05, 0) is 18.2 Å². The molecular formula is C12H14ClN3O. The molecule has 17 heavy (non-hydrogen) atoms. The molecule has 0 aliphatic carbocycles. The number of carbonyl (C=O) groups is 1. The highest BCUT2D eigenvalue weighted by Crippen LogP contribution is 2.23. The fourth-order valence-electron chi connectivity index (χ4n) is 1.34. The Morgan fingerprint density at radius 1 is 1.41 bits per heavy atom. The minimum atomic E-state index is -0.0311. The van der Waals surface area contributed by atoms with Crippen molar-refractivity contribution in [1.29, 1.82) is 5.26 Å². The molecule has 0 bridgehead atoms. The summed E-state index contributed by atoms with van der Waals surface area (Å²) < 4.78 is 0. The molecule has 0 saturated heterocycles. The highest BCUT2D eigenvalue weighted by atomic mass is 35.5. The maximum atomic E-state index is 11.6. The molecule has 4 nitrogen and oxygen atoms in total. The van der Waals surface area contributed by atoms with Crippen LogP contribution in [-0.4, -0.2) is 38.5 Å². The molecule has 0 fully saturated rings. The lowest BCUT2D eigenvalue weighted by atomic mass is 10.2. The Kier molecular flexibility index (Phi) is 4.36. The number of hydrogen-bond donors (Lipinski definition) is 0. The summed E-state index contributed by atoms with van der Waals surface area (Å²) in [6.07, 6.45) is 0. The monoisotopic (exact) mass is 251 g/mol. The van der Waals surface area contributed by atoms with Crippen LogP contribution in [0, 0.1) is 11.3 Å². The van der Waals surface area contributed by atoms with Gasteiger partial charge in [0.1, 0.15) is 6.07 Å². The van der Waals surface area contributed by atoms with Crippen molar-refractivity contribution in [2.45, 2.75) is 0 Å². The summed E-state index contributed by atoms with van der Waals surface area (Å²) in [6, 6.07) is 7.07. The molecule has 0 spiro atoms. The van der Waals surface area contributed by atoms with Gasteiger partial charge in [0.25, 0.3) is 0 Å². The van der Waals surface area contributed by atoms with Crippen LogP contribution in [0.1, 0.15) is 5.56 Å². The van der Waals surface area contributed by atoms with Gasteiger partial charge in [-0.25, -0.2) is 0 Å². The van der Waals surface area contributed by atoms with Crippen molar-refractivity contribution in [3.8, 4) is 6.07 Å². The van der Waals surface area contributed by atoms with Crippen LogP contribution in [-0.2, 0) is 4.79 Å². The molecule has 1 rings (SSSR count). The molecule has 0 N–H and O–H groups in total. The van der Waals surface area contributed by atoms with E-state index in [1.807, 2.05) is 0 Å². The first-order valence-electron chi connectivity index (χ1n) is 5.06. The summed E-state index contributed by atoms with van der Waals surface area (Å²) in [4.78, 5) is 14.8. The van der Waals surface area contributed by atoms with E-state index in [0.29, 0.717) is 16.3 Å². The zero-order valence-electron chi connectivity index (χ0n) is 10.1. The van der Waals surface area contributed by atoms with Crippen molar-refractivity contribution >= 4 is 23.2 Å². The maximum Gasteiger partial charge on any atom is 0.241 e. The standard InChI is InChI=1S/C12H14ClN3O/c1-15(2)12(17)8-16(3)11-6-10(13)5-4-9(11)7-14/h4-6H,8H2,1-3H3. The van der Waals surface area contributed by atoms with Crippen molar-refractivity contribution in [2.24, 2.45) is 0 Å². The molecule has 0 aromatic heterocycles. The van der Waals surface area contributed by atoms with Crippen LogP contribution in [0.3, 0.4) is 0 Å². The van der Waals surface area contributed by atoms with Gasteiger partial charge < -0.3 is 9.80 Å². The number of benzene rings is 1. The van der Waals surface area contributed by atoms with Gasteiger partial charge in [-0.3, -0.25) is 4.79 Å². The summed E-state index contributed by atoms with van der Waals surface area (Å²) in [5.74, 6) is -0.0311. The number of carbonyl (C=O) groups excluding carboxylic acids is 1. The molecule has 0 radical (unpaired) electrons. The second-order valence-electron chi connectivity index (χ2n) is 3.92. The summed E-state index contributed by atoms with van der Waals surface area (Å²) in [5.41, 5.74) is 1.17. The van der Waals surface area contributed by atoms with Crippen molar-refractivity contribution in [1.82, 2.24) is 4.90 Å². The Labute approximate surface area is 106 Å². The predicted molar refractivity (Wildman–Crippen MR) is 68.1 cm³/mol. The highest BCUT2D eigenvalue weighted by molar-refractivity contribution is 6.30. The van der Waals surface area contributed by atoms with Crippen molar-refractivity contribution < 1.29 is 4.79 Å². The third-order valence-corrected chi connectivity index (χ3v) is 2.60. The number of halogens is 1. The first-order chi connectivity index (χ1) is 7.95. The quantitative estimate of drug-likeness (QED) is 0.822. The SMILES string of the molecule is CN(C)C(=O)CN(C)c1cc(Cl)ccc1C#N. The first-order valence-corrected chi connectivity index (χ1v) is 5.44. The smallest absolute Gasteiger partial charge is 0.241 e. The van der Waals surface area contributed by atoms with Crippen LogP contribution in [0.25, 0.3) is 0 Å². The van der Waals surface area contributed by atoms with Crippen LogP contribution in [0.5, 0.6) is 0 Å². The molecule has 90 valence electrons. The Bertz CT molecular complexity index is 465. The zero-order valence-corrected chi connectivity index (χ0v) is 10.8. The Balaban J connectivity index is 2.96. The average molecular weight is 252 g/mol. The van der Waals surface area contributed by atoms with E-state index in [1.165, 1.54) is 4.90 Å². The number of hydrogen-bond acceptors (Lipinski definition) is 3. The van der Waals surface area contributed by atoms with E-state index in [4.69, 9.17) is 16.9 Å². The predicted octanol–water partition coefficient (Wildman–Crippen LogP) is 1.74. The molecule has 0 aliphatic rings. The van der Waals surface area contributed by atoms with Gasteiger partial charge >= 0.3 is 0 Å². The van der Waals surface area contributed by atoms with E-state index in [1.54, 1.807) is 44.2 Å². The van der Waals surface area contributed by atoms with E-state index >= 15 is 0 Å². The largest absolute Gasteiger partial charge is 0.364 e.